The highest BCUT2D eigenvalue weighted by atomic mass is 16.5. The summed E-state index contributed by atoms with van der Waals surface area (Å²) in [5.74, 6) is 1.07. The van der Waals surface area contributed by atoms with Gasteiger partial charge < -0.3 is 25.4 Å². The molecule has 0 atom stereocenters. The molecule has 0 aliphatic heterocycles. The van der Waals surface area contributed by atoms with Gasteiger partial charge in [0.2, 0.25) is 5.91 Å². The average molecular weight is 377 g/mol. The van der Waals surface area contributed by atoms with Crippen molar-refractivity contribution in [1.29, 1.82) is 0 Å². The fraction of sp³-hybridized carbons (Fsp3) is 0.600. The topological polar surface area (TPSA) is 84.0 Å². The Hall–Kier alpha value is -2.12. The third-order valence-electron chi connectivity index (χ3n) is 4.54. The first kappa shape index (κ1) is 21.2. The Morgan fingerprint density at radius 2 is 2.07 bits per heavy atom. The number of anilines is 1. The summed E-state index contributed by atoms with van der Waals surface area (Å²) in [6.07, 6.45) is 4.07. The van der Waals surface area contributed by atoms with Gasteiger partial charge in [0.05, 0.1) is 13.2 Å². The average Bonchev–Trinajstić information content (AvgIpc) is 2.62. The van der Waals surface area contributed by atoms with E-state index < -0.39 is 0 Å². The van der Waals surface area contributed by atoms with Gasteiger partial charge in [-0.25, -0.2) is 0 Å². The standard InChI is InChI=1S/C20H32N4O3/c1-21-20(22-10-5-11-27-13-12-26-2)23-15-16-6-3-9-18(14-16)24-19(25)17-7-4-8-17/h3,6,9,14,17H,4-5,7-8,10-13,15H2,1-2H3,(H,24,25)(H2,21,22,23). The SMILES string of the molecule is CN=C(NCCCOCCOC)NCc1cccc(NC(=O)C2CCC2)c1. The molecule has 0 spiro atoms. The molecule has 27 heavy (non-hydrogen) atoms. The summed E-state index contributed by atoms with van der Waals surface area (Å²) < 4.78 is 10.4. The van der Waals surface area contributed by atoms with Crippen LogP contribution >= 0.6 is 0 Å². The molecule has 1 aromatic rings. The molecule has 150 valence electrons. The lowest BCUT2D eigenvalue weighted by atomic mass is 9.85. The second-order valence-electron chi connectivity index (χ2n) is 6.63. The highest BCUT2D eigenvalue weighted by Crippen LogP contribution is 2.27. The monoisotopic (exact) mass is 376 g/mol. The van der Waals surface area contributed by atoms with Crippen LogP contribution in [0.5, 0.6) is 0 Å². The summed E-state index contributed by atoms with van der Waals surface area (Å²) in [5.41, 5.74) is 1.94. The number of ether oxygens (including phenoxy) is 2. The Labute approximate surface area is 161 Å². The van der Waals surface area contributed by atoms with Crippen LogP contribution < -0.4 is 16.0 Å². The van der Waals surface area contributed by atoms with Crippen molar-refractivity contribution < 1.29 is 14.3 Å². The minimum Gasteiger partial charge on any atom is -0.382 e. The summed E-state index contributed by atoms with van der Waals surface area (Å²) in [5, 5.41) is 9.57. The quantitative estimate of drug-likeness (QED) is 0.313. The van der Waals surface area contributed by atoms with E-state index in [0.29, 0.717) is 26.4 Å². The molecular weight excluding hydrogens is 344 g/mol. The summed E-state index contributed by atoms with van der Waals surface area (Å²) >= 11 is 0. The zero-order valence-electron chi connectivity index (χ0n) is 16.4. The van der Waals surface area contributed by atoms with Gasteiger partial charge in [0, 0.05) is 45.5 Å². The molecular formula is C20H32N4O3. The second kappa shape index (κ2) is 12.3. The van der Waals surface area contributed by atoms with E-state index in [4.69, 9.17) is 9.47 Å². The summed E-state index contributed by atoms with van der Waals surface area (Å²) in [7, 11) is 3.41. The van der Waals surface area contributed by atoms with Gasteiger partial charge in [0.1, 0.15) is 0 Å². The Morgan fingerprint density at radius 1 is 1.22 bits per heavy atom. The maximum Gasteiger partial charge on any atom is 0.227 e. The van der Waals surface area contributed by atoms with Crippen LogP contribution in [0.15, 0.2) is 29.3 Å². The van der Waals surface area contributed by atoms with Gasteiger partial charge in [-0.3, -0.25) is 9.79 Å². The summed E-state index contributed by atoms with van der Waals surface area (Å²) in [6, 6.07) is 7.92. The maximum atomic E-state index is 12.1. The van der Waals surface area contributed by atoms with Crippen molar-refractivity contribution in [2.24, 2.45) is 10.9 Å². The van der Waals surface area contributed by atoms with E-state index in [2.05, 4.69) is 20.9 Å². The molecule has 1 saturated carbocycles. The molecule has 1 aliphatic carbocycles. The second-order valence-corrected chi connectivity index (χ2v) is 6.63. The predicted octanol–water partition coefficient (Wildman–Crippen LogP) is 2.14. The van der Waals surface area contributed by atoms with Gasteiger partial charge in [-0.05, 0) is 37.0 Å². The van der Waals surface area contributed by atoms with Crippen molar-refractivity contribution in [3.8, 4) is 0 Å². The first-order valence-corrected chi connectivity index (χ1v) is 9.64. The molecule has 1 amide bonds. The van der Waals surface area contributed by atoms with E-state index >= 15 is 0 Å². The van der Waals surface area contributed by atoms with Crippen LogP contribution in [0.1, 0.15) is 31.2 Å². The van der Waals surface area contributed by atoms with Gasteiger partial charge in [0.25, 0.3) is 0 Å². The molecule has 0 saturated heterocycles. The van der Waals surface area contributed by atoms with Crippen molar-refractivity contribution in [1.82, 2.24) is 10.6 Å². The van der Waals surface area contributed by atoms with E-state index in [9.17, 15) is 4.79 Å². The van der Waals surface area contributed by atoms with E-state index in [1.165, 1.54) is 0 Å². The van der Waals surface area contributed by atoms with Gasteiger partial charge in [-0.1, -0.05) is 18.6 Å². The number of amides is 1. The van der Waals surface area contributed by atoms with E-state index in [-0.39, 0.29) is 11.8 Å². The zero-order valence-corrected chi connectivity index (χ0v) is 16.4. The van der Waals surface area contributed by atoms with Gasteiger partial charge in [-0.2, -0.15) is 0 Å². The molecule has 0 unspecified atom stereocenters. The van der Waals surface area contributed by atoms with Crippen molar-refractivity contribution in [2.45, 2.75) is 32.2 Å². The molecule has 7 heteroatoms. The van der Waals surface area contributed by atoms with Crippen LogP contribution in [0.2, 0.25) is 0 Å². The first-order chi connectivity index (χ1) is 13.2. The van der Waals surface area contributed by atoms with Gasteiger partial charge >= 0.3 is 0 Å². The fourth-order valence-corrected chi connectivity index (χ4v) is 2.71. The Balaban J connectivity index is 1.67. The number of rotatable bonds is 11. The molecule has 7 nitrogen and oxygen atoms in total. The van der Waals surface area contributed by atoms with Crippen LogP contribution in [-0.2, 0) is 20.8 Å². The highest BCUT2D eigenvalue weighted by molar-refractivity contribution is 5.93. The predicted molar refractivity (Wildman–Crippen MR) is 108 cm³/mol. The molecule has 0 radical (unpaired) electrons. The summed E-state index contributed by atoms with van der Waals surface area (Å²) in [4.78, 5) is 16.3. The zero-order chi connectivity index (χ0) is 19.3. The molecule has 1 aliphatic rings. The molecule has 0 heterocycles. The lowest BCUT2D eigenvalue weighted by molar-refractivity contribution is -0.122. The van der Waals surface area contributed by atoms with Gasteiger partial charge in [0.15, 0.2) is 5.96 Å². The number of methoxy groups -OCH3 is 1. The number of benzene rings is 1. The number of nitrogens with one attached hydrogen (secondary N) is 3. The van der Waals surface area contributed by atoms with Gasteiger partial charge in [-0.15, -0.1) is 0 Å². The number of carbonyl (C=O) groups is 1. The van der Waals surface area contributed by atoms with Crippen molar-refractivity contribution >= 4 is 17.6 Å². The minimum absolute atomic E-state index is 0.136. The first-order valence-electron chi connectivity index (χ1n) is 9.64. The van der Waals surface area contributed by atoms with Crippen molar-refractivity contribution in [3.05, 3.63) is 29.8 Å². The van der Waals surface area contributed by atoms with Crippen LogP contribution in [-0.4, -0.2) is 52.4 Å². The smallest absolute Gasteiger partial charge is 0.227 e. The highest BCUT2D eigenvalue weighted by Gasteiger charge is 2.25. The Bertz CT molecular complexity index is 603. The van der Waals surface area contributed by atoms with E-state index in [0.717, 1.165) is 49.4 Å². The van der Waals surface area contributed by atoms with E-state index in [1.54, 1.807) is 14.2 Å². The largest absolute Gasteiger partial charge is 0.382 e. The van der Waals surface area contributed by atoms with Crippen LogP contribution in [0, 0.1) is 5.92 Å². The van der Waals surface area contributed by atoms with Crippen LogP contribution in [0.3, 0.4) is 0 Å². The normalized spacial score (nSPS) is 14.5. The maximum absolute atomic E-state index is 12.1. The molecule has 1 aromatic carbocycles. The number of guanidine groups is 1. The molecule has 2 rings (SSSR count). The third-order valence-corrected chi connectivity index (χ3v) is 4.54. The number of aliphatic imine (C=N–C) groups is 1. The number of hydrogen-bond acceptors (Lipinski definition) is 4. The summed E-state index contributed by atoms with van der Waals surface area (Å²) in [6.45, 7) is 3.35. The molecule has 3 N–H and O–H groups in total. The molecule has 0 aromatic heterocycles. The number of hydrogen-bond donors (Lipinski definition) is 3. The fourth-order valence-electron chi connectivity index (χ4n) is 2.71. The van der Waals surface area contributed by atoms with Crippen molar-refractivity contribution in [2.75, 3.05) is 45.8 Å². The minimum atomic E-state index is 0.136. The molecule has 1 fully saturated rings. The Morgan fingerprint density at radius 3 is 2.78 bits per heavy atom. The lowest BCUT2D eigenvalue weighted by Crippen LogP contribution is -2.37. The van der Waals surface area contributed by atoms with Crippen molar-refractivity contribution in [3.63, 3.8) is 0 Å². The number of carbonyl (C=O) groups excluding carboxylic acids is 1. The third kappa shape index (κ3) is 7.97. The Kier molecular flexibility index (Phi) is 9.65. The number of nitrogens with zero attached hydrogens (tertiary/aromatic N) is 1. The van der Waals surface area contributed by atoms with E-state index in [1.807, 2.05) is 24.3 Å². The van der Waals surface area contributed by atoms with Crippen LogP contribution in [0.25, 0.3) is 0 Å². The molecule has 0 bridgehead atoms. The van der Waals surface area contributed by atoms with Crippen LogP contribution in [0.4, 0.5) is 5.69 Å². The lowest BCUT2D eigenvalue weighted by Gasteiger charge is -2.24.